The highest BCUT2D eigenvalue weighted by molar-refractivity contribution is 6.74. The quantitative estimate of drug-likeness (QED) is 0.510. The molecular formula is C18H36O2Si. The second kappa shape index (κ2) is 8.30. The van der Waals surface area contributed by atoms with Gasteiger partial charge in [-0.1, -0.05) is 51.0 Å². The summed E-state index contributed by atoms with van der Waals surface area (Å²) in [5.41, 5.74) is 2.45. The second-order valence-electron chi connectivity index (χ2n) is 7.83. The van der Waals surface area contributed by atoms with E-state index < -0.39 is 8.32 Å². The molecule has 0 aliphatic heterocycles. The molecular weight excluding hydrogens is 276 g/mol. The Morgan fingerprint density at radius 2 is 1.71 bits per heavy atom. The van der Waals surface area contributed by atoms with E-state index in [2.05, 4.69) is 66.8 Å². The summed E-state index contributed by atoms with van der Waals surface area (Å²) in [6.45, 7) is 20.2. The van der Waals surface area contributed by atoms with Crippen LogP contribution in [0.15, 0.2) is 23.3 Å². The van der Waals surface area contributed by atoms with Gasteiger partial charge in [-0.25, -0.2) is 0 Å². The number of rotatable bonds is 7. The zero-order valence-corrected chi connectivity index (χ0v) is 16.6. The van der Waals surface area contributed by atoms with Crippen molar-refractivity contribution in [2.24, 2.45) is 5.92 Å². The molecule has 0 spiro atoms. The number of aliphatic hydroxyl groups excluding tert-OH is 1. The highest BCUT2D eigenvalue weighted by Crippen LogP contribution is 2.36. The van der Waals surface area contributed by atoms with Gasteiger partial charge in [-0.15, -0.1) is 0 Å². The third-order valence-electron chi connectivity index (χ3n) is 4.65. The molecule has 0 unspecified atom stereocenters. The number of aliphatic hydroxyl groups is 1. The lowest BCUT2D eigenvalue weighted by Crippen LogP contribution is -2.41. The van der Waals surface area contributed by atoms with Crippen molar-refractivity contribution in [2.75, 3.05) is 6.61 Å². The minimum atomic E-state index is -1.69. The first kappa shape index (κ1) is 20.6. The molecule has 0 bridgehead atoms. The van der Waals surface area contributed by atoms with Crippen LogP contribution in [0.25, 0.3) is 0 Å². The monoisotopic (exact) mass is 312 g/mol. The van der Waals surface area contributed by atoms with Gasteiger partial charge in [0.1, 0.15) is 0 Å². The van der Waals surface area contributed by atoms with E-state index in [1.807, 2.05) is 6.92 Å². The van der Waals surface area contributed by atoms with Crippen LogP contribution in [0.4, 0.5) is 0 Å². The third-order valence-corrected chi connectivity index (χ3v) is 9.12. The number of allylic oxidation sites excluding steroid dienone is 1. The molecule has 0 saturated carbocycles. The molecule has 2 nitrogen and oxygen atoms in total. The summed E-state index contributed by atoms with van der Waals surface area (Å²) >= 11 is 0. The zero-order chi connectivity index (χ0) is 16.8. The predicted octanol–water partition coefficient (Wildman–Crippen LogP) is 5.31. The van der Waals surface area contributed by atoms with Crippen LogP contribution in [-0.2, 0) is 4.43 Å². The summed E-state index contributed by atoms with van der Waals surface area (Å²) in [6.07, 6.45) is 4.64. The lowest BCUT2D eigenvalue weighted by atomic mass is 9.96. The molecule has 3 heteroatoms. The molecule has 0 aromatic rings. The lowest BCUT2D eigenvalue weighted by Gasteiger charge is -2.36. The Kier molecular flexibility index (Phi) is 8.15. The van der Waals surface area contributed by atoms with Crippen LogP contribution in [0.3, 0.4) is 0 Å². The summed E-state index contributed by atoms with van der Waals surface area (Å²) in [5, 5.41) is 10.4. The van der Waals surface area contributed by atoms with Crippen LogP contribution in [0.1, 0.15) is 54.9 Å². The molecule has 0 fully saturated rings. The summed E-state index contributed by atoms with van der Waals surface area (Å²) in [6, 6.07) is 0. The van der Waals surface area contributed by atoms with Crippen LogP contribution in [-0.4, -0.2) is 26.1 Å². The van der Waals surface area contributed by atoms with Gasteiger partial charge in [-0.05, 0) is 45.3 Å². The SMILES string of the molecule is C/C=C(\C)C[C@@H](O)[C@H](C)/C=C(\C)CO[Si](C)(C)C(C)(C)C. The van der Waals surface area contributed by atoms with Gasteiger partial charge in [0.15, 0.2) is 8.32 Å². The molecule has 0 aromatic heterocycles. The normalized spacial score (nSPS) is 17.8. The highest BCUT2D eigenvalue weighted by Gasteiger charge is 2.36. The van der Waals surface area contributed by atoms with E-state index in [-0.39, 0.29) is 17.1 Å². The minimum Gasteiger partial charge on any atom is -0.413 e. The molecule has 0 radical (unpaired) electrons. The van der Waals surface area contributed by atoms with Gasteiger partial charge in [0, 0.05) is 5.92 Å². The van der Waals surface area contributed by atoms with Crippen molar-refractivity contribution in [1.29, 1.82) is 0 Å². The van der Waals surface area contributed by atoms with Gasteiger partial charge in [0.05, 0.1) is 12.7 Å². The first-order chi connectivity index (χ1) is 9.40. The summed E-state index contributed by atoms with van der Waals surface area (Å²) in [4.78, 5) is 0. The minimum absolute atomic E-state index is 0.155. The molecule has 0 saturated heterocycles. The highest BCUT2D eigenvalue weighted by atomic mass is 28.4. The van der Waals surface area contributed by atoms with Crippen molar-refractivity contribution in [3.8, 4) is 0 Å². The number of hydrogen-bond donors (Lipinski definition) is 1. The predicted molar refractivity (Wildman–Crippen MR) is 96.1 cm³/mol. The fourth-order valence-corrected chi connectivity index (χ4v) is 2.77. The van der Waals surface area contributed by atoms with Gasteiger partial charge in [-0.2, -0.15) is 0 Å². The fourth-order valence-electron chi connectivity index (χ4n) is 1.75. The largest absolute Gasteiger partial charge is 0.413 e. The maximum absolute atomic E-state index is 10.2. The molecule has 0 aliphatic rings. The van der Waals surface area contributed by atoms with Crippen LogP contribution in [0, 0.1) is 5.92 Å². The van der Waals surface area contributed by atoms with E-state index in [0.717, 1.165) is 6.42 Å². The van der Waals surface area contributed by atoms with E-state index in [4.69, 9.17) is 4.43 Å². The second-order valence-corrected chi connectivity index (χ2v) is 12.6. The molecule has 1 N–H and O–H groups in total. The summed E-state index contributed by atoms with van der Waals surface area (Å²) < 4.78 is 6.22. The van der Waals surface area contributed by atoms with E-state index in [1.165, 1.54) is 11.1 Å². The Bertz CT molecular complexity index is 375. The van der Waals surface area contributed by atoms with E-state index in [1.54, 1.807) is 0 Å². The maximum atomic E-state index is 10.2. The maximum Gasteiger partial charge on any atom is 0.192 e. The van der Waals surface area contributed by atoms with E-state index in [9.17, 15) is 5.11 Å². The Morgan fingerprint density at radius 3 is 2.14 bits per heavy atom. The first-order valence-corrected chi connectivity index (χ1v) is 10.9. The zero-order valence-electron chi connectivity index (χ0n) is 15.6. The Morgan fingerprint density at radius 1 is 1.19 bits per heavy atom. The van der Waals surface area contributed by atoms with Crippen LogP contribution in [0.2, 0.25) is 18.1 Å². The standard InChI is InChI=1S/C18H36O2Si/c1-10-14(2)12-17(19)16(4)11-15(3)13-20-21(8,9)18(5,6)7/h10-11,16-17,19H,12-13H2,1-9H3/b14-10+,15-11+/t16-,17-/m1/s1. The summed E-state index contributed by atoms with van der Waals surface area (Å²) in [7, 11) is -1.69. The van der Waals surface area contributed by atoms with Crippen molar-refractivity contribution in [3.05, 3.63) is 23.3 Å². The molecule has 124 valence electrons. The molecule has 0 aromatic carbocycles. The molecule has 0 aliphatic carbocycles. The fraction of sp³-hybridized carbons (Fsp3) is 0.778. The van der Waals surface area contributed by atoms with E-state index in [0.29, 0.717) is 6.61 Å². The molecule has 21 heavy (non-hydrogen) atoms. The van der Waals surface area contributed by atoms with Gasteiger partial charge in [0.25, 0.3) is 0 Å². The first-order valence-electron chi connectivity index (χ1n) is 8.02. The van der Waals surface area contributed by atoms with Gasteiger partial charge < -0.3 is 9.53 Å². The van der Waals surface area contributed by atoms with E-state index >= 15 is 0 Å². The Balaban J connectivity index is 4.55. The lowest BCUT2D eigenvalue weighted by molar-refractivity contribution is 0.137. The van der Waals surface area contributed by atoms with Crippen molar-refractivity contribution in [2.45, 2.75) is 79.1 Å². The van der Waals surface area contributed by atoms with Crippen LogP contribution >= 0.6 is 0 Å². The van der Waals surface area contributed by atoms with Crippen molar-refractivity contribution in [1.82, 2.24) is 0 Å². The molecule has 0 rings (SSSR count). The molecule has 0 amide bonds. The van der Waals surface area contributed by atoms with Crippen molar-refractivity contribution in [3.63, 3.8) is 0 Å². The average Bonchev–Trinajstić information content (AvgIpc) is 2.34. The number of hydrogen-bond acceptors (Lipinski definition) is 2. The van der Waals surface area contributed by atoms with Crippen LogP contribution in [0.5, 0.6) is 0 Å². The molecule has 2 atom stereocenters. The Hall–Kier alpha value is -0.383. The Labute approximate surface area is 133 Å². The van der Waals surface area contributed by atoms with Crippen molar-refractivity contribution < 1.29 is 9.53 Å². The van der Waals surface area contributed by atoms with Crippen molar-refractivity contribution >= 4 is 8.32 Å². The van der Waals surface area contributed by atoms with Crippen LogP contribution < -0.4 is 0 Å². The van der Waals surface area contributed by atoms with Gasteiger partial charge in [-0.3, -0.25) is 0 Å². The van der Waals surface area contributed by atoms with Gasteiger partial charge in [0.2, 0.25) is 0 Å². The summed E-state index contributed by atoms with van der Waals surface area (Å²) in [5.74, 6) is 0.155. The average molecular weight is 313 g/mol. The third kappa shape index (κ3) is 7.43. The topological polar surface area (TPSA) is 29.5 Å². The molecule has 0 heterocycles. The smallest absolute Gasteiger partial charge is 0.192 e. The van der Waals surface area contributed by atoms with Gasteiger partial charge >= 0.3 is 0 Å².